The number of hydrogen-bond acceptors (Lipinski definition) is 1. The highest BCUT2D eigenvalue weighted by molar-refractivity contribution is 7.85. The third-order valence-corrected chi connectivity index (χ3v) is 3.12. The van der Waals surface area contributed by atoms with Crippen LogP contribution < -0.4 is 0 Å². The fraction of sp³-hybridized carbons (Fsp3) is 0.231. The second-order valence-corrected chi connectivity index (χ2v) is 4.32. The minimum Gasteiger partial charge on any atom is -0.143 e. The summed E-state index contributed by atoms with van der Waals surface area (Å²) in [6.45, 7) is 4.29. The molecule has 0 unspecified atom stereocenters. The molecule has 0 N–H and O–H groups in total. The molecule has 1 aliphatic carbocycles. The highest BCUT2D eigenvalue weighted by Gasteiger charge is 2.10. The van der Waals surface area contributed by atoms with Crippen LogP contribution in [0.4, 0.5) is 0 Å². The number of benzene rings is 1. The van der Waals surface area contributed by atoms with E-state index in [0.29, 0.717) is 0 Å². The molecule has 0 bridgehead atoms. The molecule has 1 aromatic carbocycles. The molecular weight excluding hydrogens is 188 g/mol. The summed E-state index contributed by atoms with van der Waals surface area (Å²) < 4.78 is 0. The van der Waals surface area contributed by atoms with Crippen LogP contribution in [0.3, 0.4) is 0 Å². The average molecular weight is 202 g/mol. The first kappa shape index (κ1) is 9.60. The highest BCUT2D eigenvalue weighted by atomic mass is 32.1. The lowest BCUT2D eigenvalue weighted by molar-refractivity contribution is 1.14. The molecule has 0 saturated carbocycles. The van der Waals surface area contributed by atoms with Crippen LogP contribution >= 0.6 is 12.6 Å². The molecule has 0 heterocycles. The lowest BCUT2D eigenvalue weighted by atomic mass is 9.99. The fourth-order valence-electron chi connectivity index (χ4n) is 1.87. The topological polar surface area (TPSA) is 0 Å². The molecule has 0 nitrogen and oxygen atoms in total. The van der Waals surface area contributed by atoms with Crippen molar-refractivity contribution in [3.63, 3.8) is 0 Å². The van der Waals surface area contributed by atoms with Gasteiger partial charge in [0.1, 0.15) is 0 Å². The molecule has 0 saturated heterocycles. The van der Waals surface area contributed by atoms with Crippen molar-refractivity contribution < 1.29 is 0 Å². The number of hydrogen-bond donors (Lipinski definition) is 1. The van der Waals surface area contributed by atoms with Crippen LogP contribution in [0.2, 0.25) is 0 Å². The fourth-order valence-corrected chi connectivity index (χ4v) is 2.21. The molecule has 0 radical (unpaired) electrons. The van der Waals surface area contributed by atoms with Gasteiger partial charge in [0.2, 0.25) is 0 Å². The Kier molecular flexibility index (Phi) is 2.51. The number of rotatable bonds is 0. The Morgan fingerprint density at radius 1 is 1.14 bits per heavy atom. The van der Waals surface area contributed by atoms with Gasteiger partial charge in [0.25, 0.3) is 0 Å². The zero-order valence-electron chi connectivity index (χ0n) is 8.54. The van der Waals surface area contributed by atoms with Crippen molar-refractivity contribution in [2.24, 2.45) is 0 Å². The summed E-state index contributed by atoms with van der Waals surface area (Å²) in [5, 5.41) is 0. The van der Waals surface area contributed by atoms with Gasteiger partial charge in [-0.25, -0.2) is 0 Å². The van der Waals surface area contributed by atoms with Gasteiger partial charge in [-0.1, -0.05) is 29.8 Å². The van der Waals surface area contributed by atoms with Crippen molar-refractivity contribution in [3.05, 3.63) is 51.9 Å². The normalized spacial score (nSPS) is 16.1. The van der Waals surface area contributed by atoms with Crippen LogP contribution in [0.25, 0.3) is 5.57 Å². The van der Waals surface area contributed by atoms with E-state index in [1.807, 2.05) is 0 Å². The van der Waals surface area contributed by atoms with E-state index in [1.165, 1.54) is 22.3 Å². The second-order valence-electron chi connectivity index (χ2n) is 3.83. The summed E-state index contributed by atoms with van der Waals surface area (Å²) >= 11 is 4.51. The lowest BCUT2D eigenvalue weighted by Gasteiger charge is -2.07. The molecule has 72 valence electrons. The molecule has 1 heteroatoms. The predicted octanol–water partition coefficient (Wildman–Crippen LogP) is 3.85. The van der Waals surface area contributed by atoms with E-state index in [9.17, 15) is 0 Å². The van der Waals surface area contributed by atoms with Gasteiger partial charge in [-0.15, -0.1) is 12.6 Å². The van der Waals surface area contributed by atoms with Crippen molar-refractivity contribution >= 4 is 18.2 Å². The van der Waals surface area contributed by atoms with E-state index in [4.69, 9.17) is 0 Å². The van der Waals surface area contributed by atoms with E-state index in [0.717, 1.165) is 11.3 Å². The number of fused-ring (bicyclic) bond motifs is 1. The molecule has 0 spiro atoms. The Balaban J connectivity index is 2.65. The monoisotopic (exact) mass is 202 g/mol. The molecule has 0 aliphatic heterocycles. The minimum atomic E-state index is 1.04. The maximum atomic E-state index is 4.51. The molecule has 0 atom stereocenters. The highest BCUT2D eigenvalue weighted by Crippen LogP contribution is 2.30. The zero-order valence-corrected chi connectivity index (χ0v) is 9.44. The van der Waals surface area contributed by atoms with Gasteiger partial charge in [0.05, 0.1) is 0 Å². The van der Waals surface area contributed by atoms with Crippen molar-refractivity contribution in [1.82, 2.24) is 0 Å². The van der Waals surface area contributed by atoms with E-state index in [2.05, 4.69) is 56.8 Å². The quantitative estimate of drug-likeness (QED) is 0.607. The summed E-state index contributed by atoms with van der Waals surface area (Å²) in [6.07, 6.45) is 3.20. The largest absolute Gasteiger partial charge is 0.143 e. The molecule has 1 aliphatic rings. The molecule has 1 aromatic rings. The zero-order chi connectivity index (χ0) is 10.1. The van der Waals surface area contributed by atoms with Crippen LogP contribution in [0, 0.1) is 0 Å². The van der Waals surface area contributed by atoms with Crippen molar-refractivity contribution in [3.8, 4) is 0 Å². The first-order valence-electron chi connectivity index (χ1n) is 4.84. The van der Waals surface area contributed by atoms with Gasteiger partial charge in [0.15, 0.2) is 0 Å². The van der Waals surface area contributed by atoms with Gasteiger partial charge in [-0.2, -0.15) is 0 Å². The summed E-state index contributed by atoms with van der Waals surface area (Å²) in [5.74, 6) is 0. The first-order valence-corrected chi connectivity index (χ1v) is 5.28. The Hall–Kier alpha value is -0.950. The Morgan fingerprint density at radius 2 is 1.86 bits per heavy atom. The molecule has 14 heavy (non-hydrogen) atoms. The smallest absolute Gasteiger partial charge is 0.00748 e. The third kappa shape index (κ3) is 1.64. The molecule has 2 rings (SSSR count). The minimum absolute atomic E-state index is 1.04. The lowest BCUT2D eigenvalue weighted by Crippen LogP contribution is -1.90. The van der Waals surface area contributed by atoms with Gasteiger partial charge in [-0.05, 0) is 43.0 Å². The summed E-state index contributed by atoms with van der Waals surface area (Å²) in [4.78, 5) is 1.09. The maximum Gasteiger partial charge on any atom is 0.00748 e. The van der Waals surface area contributed by atoms with E-state index in [-0.39, 0.29) is 0 Å². The van der Waals surface area contributed by atoms with E-state index < -0.39 is 0 Å². The van der Waals surface area contributed by atoms with E-state index >= 15 is 0 Å². The Bertz CT molecular complexity index is 425. The van der Waals surface area contributed by atoms with Gasteiger partial charge in [-0.3, -0.25) is 0 Å². The molecule has 0 aromatic heterocycles. The van der Waals surface area contributed by atoms with Gasteiger partial charge >= 0.3 is 0 Å². The second kappa shape index (κ2) is 3.66. The third-order valence-electron chi connectivity index (χ3n) is 2.66. The number of thiol groups is 1. The van der Waals surface area contributed by atoms with Crippen LogP contribution in [-0.2, 0) is 6.42 Å². The van der Waals surface area contributed by atoms with Crippen LogP contribution in [0.15, 0.2) is 40.8 Å². The predicted molar refractivity (Wildman–Crippen MR) is 65.5 cm³/mol. The molecular formula is C13H14S. The summed E-state index contributed by atoms with van der Waals surface area (Å²) in [5.41, 5.74) is 5.40. The van der Waals surface area contributed by atoms with Crippen LogP contribution in [-0.4, -0.2) is 0 Å². The Morgan fingerprint density at radius 3 is 2.64 bits per heavy atom. The van der Waals surface area contributed by atoms with Crippen molar-refractivity contribution in [2.45, 2.75) is 20.3 Å². The van der Waals surface area contributed by atoms with Crippen molar-refractivity contribution in [1.29, 1.82) is 0 Å². The average Bonchev–Trinajstić information content (AvgIpc) is 2.26. The molecule has 0 fully saturated rings. The van der Waals surface area contributed by atoms with Crippen LogP contribution in [0.1, 0.15) is 25.0 Å². The maximum absolute atomic E-state index is 4.51. The SMILES string of the molecule is CC1=CC(S)=C(C)c2ccccc2C1. The van der Waals surface area contributed by atoms with E-state index in [1.54, 1.807) is 0 Å². The standard InChI is InChI=1S/C13H14S/c1-9-7-11-5-3-4-6-12(11)10(2)13(14)8-9/h3-6,8,14H,7H2,1-2H3. The van der Waals surface area contributed by atoms with Gasteiger partial charge in [0, 0.05) is 4.91 Å². The van der Waals surface area contributed by atoms with Crippen molar-refractivity contribution in [2.75, 3.05) is 0 Å². The van der Waals surface area contributed by atoms with Gasteiger partial charge < -0.3 is 0 Å². The number of allylic oxidation sites excluding steroid dienone is 3. The summed E-state index contributed by atoms with van der Waals surface area (Å²) in [6, 6.07) is 8.56. The Labute approximate surface area is 90.8 Å². The van der Waals surface area contributed by atoms with Crippen LogP contribution in [0.5, 0.6) is 0 Å². The summed E-state index contributed by atoms with van der Waals surface area (Å²) in [7, 11) is 0. The first-order chi connectivity index (χ1) is 6.68. The molecule has 0 amide bonds.